The molecule has 0 nitrogen and oxygen atoms in total. The molecule has 61 heavy (non-hydrogen) atoms. The van der Waals surface area contributed by atoms with Crippen LogP contribution in [0.3, 0.4) is 0 Å². The molecule has 280 valence electrons. The molecule has 1 aliphatic rings. The zero-order valence-corrected chi connectivity index (χ0v) is 34.3. The van der Waals surface area contributed by atoms with E-state index >= 15 is 0 Å². The minimum Gasteiger partial charge on any atom is -0.0623 e. The van der Waals surface area contributed by atoms with Crippen LogP contribution in [-0.4, -0.2) is 8.07 Å². The quantitative estimate of drug-likeness (QED) is 0.123. The topological polar surface area (TPSA) is 0 Å². The van der Waals surface area contributed by atoms with E-state index in [1.807, 2.05) is 0 Å². The van der Waals surface area contributed by atoms with E-state index in [2.05, 4.69) is 218 Å². The molecule has 13 aromatic carbocycles. The van der Waals surface area contributed by atoms with Gasteiger partial charge in [0.25, 0.3) is 0 Å². The molecule has 13 aromatic rings. The van der Waals surface area contributed by atoms with Crippen molar-refractivity contribution in [3.63, 3.8) is 0 Å². The van der Waals surface area contributed by atoms with E-state index in [-0.39, 0.29) is 0 Å². The summed E-state index contributed by atoms with van der Waals surface area (Å²) in [6.45, 7) is 0. The van der Waals surface area contributed by atoms with E-state index in [1.54, 1.807) is 0 Å². The summed E-state index contributed by atoms with van der Waals surface area (Å²) in [5, 5.41) is 24.5. The molecule has 0 N–H and O–H groups in total. The molecule has 0 unspecified atom stereocenters. The van der Waals surface area contributed by atoms with Crippen LogP contribution in [0.1, 0.15) is 0 Å². The van der Waals surface area contributed by atoms with E-state index in [1.165, 1.54) is 130 Å². The predicted octanol–water partition coefficient (Wildman–Crippen LogP) is 13.3. The molecule has 1 aliphatic heterocycles. The molecule has 0 spiro atoms. The molecule has 0 aromatic heterocycles. The maximum absolute atomic E-state index is 2.80. The van der Waals surface area contributed by atoms with Crippen molar-refractivity contribution < 1.29 is 0 Å². The van der Waals surface area contributed by atoms with Crippen LogP contribution >= 0.6 is 0 Å². The van der Waals surface area contributed by atoms with Crippen LogP contribution in [0.2, 0.25) is 0 Å². The zero-order chi connectivity index (χ0) is 39.8. The van der Waals surface area contributed by atoms with Gasteiger partial charge in [-0.3, -0.25) is 0 Å². The van der Waals surface area contributed by atoms with Crippen molar-refractivity contribution in [1.29, 1.82) is 0 Å². The van der Waals surface area contributed by atoms with Crippen LogP contribution in [0.15, 0.2) is 218 Å². The molecule has 0 saturated carbocycles. The normalized spacial score (nSPS) is 13.4. The van der Waals surface area contributed by atoms with Gasteiger partial charge in [-0.05, 0) is 136 Å². The highest BCUT2D eigenvalue weighted by atomic mass is 28.3. The molecule has 1 heteroatoms. The Hall–Kier alpha value is -7.58. The Morgan fingerprint density at radius 1 is 0.230 bits per heavy atom. The minimum absolute atomic E-state index is 1.25. The second kappa shape index (κ2) is 12.2. The van der Waals surface area contributed by atoms with Crippen LogP contribution < -0.4 is 20.7 Å². The Morgan fingerprint density at radius 3 is 1.38 bits per heavy atom. The van der Waals surface area contributed by atoms with E-state index in [0.29, 0.717) is 0 Å². The molecule has 0 aliphatic carbocycles. The SMILES string of the molecule is c1ccc(-c2c3cc4c5ccccc5c5cccc(c3c(-c3ccccc3)c3c6cc7c(c8cccc(c23)c86)-c2ccccc2[Si]7(c2ccccc2)c2ccccc2)c54)cc1. The molecule has 1 heterocycles. The van der Waals surface area contributed by atoms with E-state index in [4.69, 9.17) is 0 Å². The average Bonchev–Trinajstić information content (AvgIpc) is 3.95. The van der Waals surface area contributed by atoms with Gasteiger partial charge in [0.15, 0.2) is 8.07 Å². The number of hydrogen-bond acceptors (Lipinski definition) is 0. The Labute approximate surface area is 354 Å². The van der Waals surface area contributed by atoms with Gasteiger partial charge in [0.2, 0.25) is 0 Å². The second-order valence-electron chi connectivity index (χ2n) is 17.0. The Morgan fingerprint density at radius 2 is 0.705 bits per heavy atom. The van der Waals surface area contributed by atoms with Crippen LogP contribution in [-0.2, 0) is 0 Å². The van der Waals surface area contributed by atoms with Gasteiger partial charge in [-0.15, -0.1) is 0 Å². The van der Waals surface area contributed by atoms with Gasteiger partial charge in [0.05, 0.1) is 0 Å². The summed E-state index contributed by atoms with van der Waals surface area (Å²) < 4.78 is 0. The van der Waals surface area contributed by atoms with Crippen molar-refractivity contribution in [3.8, 4) is 33.4 Å². The maximum atomic E-state index is 2.68. The molecule has 0 atom stereocenters. The Kier molecular flexibility index (Phi) is 6.67. The summed E-state index contributed by atoms with van der Waals surface area (Å²) in [5.74, 6) is 0. The summed E-state index contributed by atoms with van der Waals surface area (Å²) in [7, 11) is -2.80. The monoisotopic (exact) mass is 784 g/mol. The van der Waals surface area contributed by atoms with E-state index in [9.17, 15) is 0 Å². The van der Waals surface area contributed by atoms with E-state index < -0.39 is 8.07 Å². The van der Waals surface area contributed by atoms with Gasteiger partial charge < -0.3 is 0 Å². The third kappa shape index (κ3) is 4.19. The first-order valence-corrected chi connectivity index (χ1v) is 23.4. The van der Waals surface area contributed by atoms with Crippen molar-refractivity contribution in [3.05, 3.63) is 218 Å². The van der Waals surface area contributed by atoms with E-state index in [0.717, 1.165) is 0 Å². The molecule has 0 bridgehead atoms. The lowest BCUT2D eigenvalue weighted by Crippen LogP contribution is -2.72. The third-order valence-electron chi connectivity index (χ3n) is 14.2. The van der Waals surface area contributed by atoms with Gasteiger partial charge >= 0.3 is 0 Å². The molecular formula is C60H36Si. The fraction of sp³-hybridized carbons (Fsp3) is 0. The average molecular weight is 785 g/mol. The van der Waals surface area contributed by atoms with Crippen LogP contribution in [0, 0.1) is 0 Å². The molecule has 0 amide bonds. The lowest BCUT2D eigenvalue weighted by molar-refractivity contribution is 1.68. The minimum atomic E-state index is -2.80. The van der Waals surface area contributed by atoms with Crippen LogP contribution in [0.5, 0.6) is 0 Å². The van der Waals surface area contributed by atoms with Gasteiger partial charge in [-0.1, -0.05) is 212 Å². The summed E-state index contributed by atoms with van der Waals surface area (Å²) >= 11 is 0. The molecule has 0 radical (unpaired) electrons. The van der Waals surface area contributed by atoms with Crippen molar-refractivity contribution in [2.45, 2.75) is 0 Å². The molecule has 14 rings (SSSR count). The van der Waals surface area contributed by atoms with Gasteiger partial charge in [0.1, 0.15) is 0 Å². The van der Waals surface area contributed by atoms with Gasteiger partial charge in [-0.25, -0.2) is 0 Å². The maximum Gasteiger partial charge on any atom is 0.180 e. The van der Waals surface area contributed by atoms with Gasteiger partial charge in [0, 0.05) is 0 Å². The fourth-order valence-electron chi connectivity index (χ4n) is 12.0. The fourth-order valence-corrected chi connectivity index (χ4v) is 17.2. The summed E-state index contributed by atoms with van der Waals surface area (Å²) in [5.41, 5.74) is 7.91. The molecular weight excluding hydrogens is 749 g/mol. The van der Waals surface area contributed by atoms with Crippen LogP contribution in [0.25, 0.3) is 109 Å². The standard InChI is InChI=1S/C60H36Si/c1-5-19-37(20-6-1)53-49-35-48-42-28-14-13-27-41(42)43-30-17-32-46(55(43)48)58(49)54(38-21-7-2-8-22-38)60-50-36-52-57(45-31-18-33-47(56(45)50)59(53)60)44-29-15-16-34-51(44)61(52,39-23-9-3-10-24-39)40-25-11-4-12-26-40/h1-36H. The number of benzene rings is 11. The summed E-state index contributed by atoms with van der Waals surface area (Å²) in [6, 6.07) is 83.1. The smallest absolute Gasteiger partial charge is 0.0623 e. The Bertz CT molecular complexity index is 3850. The first kappa shape index (κ1) is 33.3. The lowest BCUT2D eigenvalue weighted by atomic mass is 9.84. The number of hydrogen-bond donors (Lipinski definition) is 0. The summed E-state index contributed by atoms with van der Waals surface area (Å²) in [6.07, 6.45) is 0. The molecule has 0 fully saturated rings. The first-order valence-electron chi connectivity index (χ1n) is 21.4. The third-order valence-corrected chi connectivity index (χ3v) is 19.0. The number of fused-ring (bicyclic) bond motifs is 12. The largest absolute Gasteiger partial charge is 0.180 e. The highest BCUT2D eigenvalue weighted by molar-refractivity contribution is 7.22. The highest BCUT2D eigenvalue weighted by Gasteiger charge is 2.49. The van der Waals surface area contributed by atoms with Crippen molar-refractivity contribution >= 4 is 104 Å². The second-order valence-corrected chi connectivity index (χ2v) is 20.7. The summed E-state index contributed by atoms with van der Waals surface area (Å²) in [4.78, 5) is 0. The van der Waals surface area contributed by atoms with Crippen molar-refractivity contribution in [2.24, 2.45) is 0 Å². The molecule has 0 saturated heterocycles. The number of rotatable bonds is 4. The lowest BCUT2D eigenvalue weighted by Gasteiger charge is -2.31. The zero-order valence-electron chi connectivity index (χ0n) is 33.3. The van der Waals surface area contributed by atoms with Crippen molar-refractivity contribution in [2.75, 3.05) is 0 Å². The highest BCUT2D eigenvalue weighted by Crippen LogP contribution is 2.55. The first-order chi connectivity index (χ1) is 30.3. The van der Waals surface area contributed by atoms with Crippen molar-refractivity contribution in [1.82, 2.24) is 0 Å². The van der Waals surface area contributed by atoms with Crippen LogP contribution in [0.4, 0.5) is 0 Å². The van der Waals surface area contributed by atoms with Gasteiger partial charge in [-0.2, -0.15) is 0 Å². The Balaban J connectivity index is 1.29. The predicted molar refractivity (Wildman–Crippen MR) is 265 cm³/mol.